The summed E-state index contributed by atoms with van der Waals surface area (Å²) in [5.74, 6) is -0.222. The van der Waals surface area contributed by atoms with Crippen LogP contribution in [0.4, 0.5) is 0 Å². The number of halogens is 2. The molecule has 1 aromatic carbocycles. The minimum Gasteiger partial charge on any atom is -0.292 e. The van der Waals surface area contributed by atoms with Crippen molar-refractivity contribution in [3.8, 4) is 0 Å². The largest absolute Gasteiger partial charge is 0.292 e. The number of carbonyl (C=O) groups is 1. The molecule has 1 aliphatic rings. The third kappa shape index (κ3) is 1.50. The number of carbonyl (C=O) groups excluding carboxylic acids is 1. The highest BCUT2D eigenvalue weighted by molar-refractivity contribution is 9.14. The lowest BCUT2D eigenvalue weighted by Gasteiger charge is -2.32. The summed E-state index contributed by atoms with van der Waals surface area (Å²) < 4.78 is 22.2. The molecule has 0 N–H and O–H groups in total. The number of hydrogen-bond donors (Lipinski definition) is 0. The average molecular weight is 368 g/mol. The Morgan fingerprint density at radius 2 is 1.88 bits per heavy atom. The van der Waals surface area contributed by atoms with E-state index in [-0.39, 0.29) is 16.2 Å². The van der Waals surface area contributed by atoms with E-state index in [1.807, 2.05) is 0 Å². The highest BCUT2D eigenvalue weighted by Gasteiger charge is 2.51. The molecule has 0 radical (unpaired) electrons. The molecule has 86 valence electrons. The van der Waals surface area contributed by atoms with Crippen LogP contribution >= 0.6 is 31.9 Å². The van der Waals surface area contributed by atoms with Crippen LogP contribution in [0.15, 0.2) is 29.2 Å². The van der Waals surface area contributed by atoms with Crippen LogP contribution in [0.25, 0.3) is 0 Å². The topological polar surface area (TPSA) is 51.2 Å². The second-order valence-electron chi connectivity index (χ2n) is 3.76. The molecule has 2 rings (SSSR count). The van der Waals surface area contributed by atoms with E-state index in [0.29, 0.717) is 0 Å². The van der Waals surface area contributed by atoms with Crippen molar-refractivity contribution in [2.24, 2.45) is 0 Å². The zero-order chi connectivity index (χ0) is 12.1. The maximum Gasteiger partial charge on any atom is 0.193 e. The van der Waals surface area contributed by atoms with Gasteiger partial charge in [0.2, 0.25) is 0 Å². The number of Topliss-reactive ketones (excluding diaryl/α,β-unsaturated/α-hetero) is 1. The zero-order valence-electron chi connectivity index (χ0n) is 8.28. The number of rotatable bonds is 0. The number of ketones is 1. The summed E-state index contributed by atoms with van der Waals surface area (Å²) in [6.45, 7) is 1.56. The van der Waals surface area contributed by atoms with Crippen molar-refractivity contribution in [1.82, 2.24) is 0 Å². The number of benzene rings is 1. The molecule has 0 saturated carbocycles. The highest BCUT2D eigenvalue weighted by atomic mass is 79.9. The lowest BCUT2D eigenvalue weighted by molar-refractivity contribution is 0.0953. The van der Waals surface area contributed by atoms with Crippen molar-refractivity contribution in [2.45, 2.75) is 20.3 Å². The smallest absolute Gasteiger partial charge is 0.193 e. The summed E-state index contributed by atoms with van der Waals surface area (Å²) in [7, 11) is -3.51. The van der Waals surface area contributed by atoms with Crippen molar-refractivity contribution in [2.75, 3.05) is 0 Å². The first-order chi connectivity index (χ1) is 7.29. The van der Waals surface area contributed by atoms with Gasteiger partial charge in [0.05, 0.1) is 4.90 Å². The normalized spacial score (nSPS) is 32.2. The Kier molecular flexibility index (Phi) is 2.79. The lowest BCUT2D eigenvalue weighted by atomic mass is 10.0. The SMILES string of the molecule is C[C@@]1(Br)C(=O)c2ccccc2S(=O)(=O)[C@@H]1Br. The monoisotopic (exact) mass is 366 g/mol. The molecule has 2 atom stereocenters. The van der Waals surface area contributed by atoms with E-state index >= 15 is 0 Å². The van der Waals surface area contributed by atoms with Crippen LogP contribution in [0, 0.1) is 0 Å². The summed E-state index contributed by atoms with van der Waals surface area (Å²) >= 11 is 6.28. The van der Waals surface area contributed by atoms with Crippen molar-refractivity contribution in [3.05, 3.63) is 29.8 Å². The Bertz CT molecular complexity index is 563. The first kappa shape index (κ1) is 12.3. The van der Waals surface area contributed by atoms with E-state index in [4.69, 9.17) is 0 Å². The molecule has 0 spiro atoms. The Morgan fingerprint density at radius 3 is 2.50 bits per heavy atom. The second-order valence-corrected chi connectivity index (χ2v) is 8.93. The zero-order valence-corrected chi connectivity index (χ0v) is 12.3. The first-order valence-electron chi connectivity index (χ1n) is 4.50. The molecular weight excluding hydrogens is 360 g/mol. The van der Waals surface area contributed by atoms with Gasteiger partial charge in [-0.25, -0.2) is 8.42 Å². The van der Waals surface area contributed by atoms with Crippen LogP contribution in [0.1, 0.15) is 17.3 Å². The van der Waals surface area contributed by atoms with E-state index < -0.39 is 18.3 Å². The summed E-state index contributed by atoms with van der Waals surface area (Å²) in [5, 5.41) is 0. The van der Waals surface area contributed by atoms with Gasteiger partial charge < -0.3 is 0 Å². The molecule has 0 bridgehead atoms. The minimum absolute atomic E-state index is 0.0961. The van der Waals surface area contributed by atoms with Gasteiger partial charge in [0.15, 0.2) is 15.6 Å². The molecule has 3 nitrogen and oxygen atoms in total. The predicted octanol–water partition coefficient (Wildman–Crippen LogP) is 2.53. The van der Waals surface area contributed by atoms with E-state index in [2.05, 4.69) is 31.9 Å². The molecule has 0 amide bonds. The summed E-state index contributed by atoms with van der Waals surface area (Å²) in [4.78, 5) is 12.2. The van der Waals surface area contributed by atoms with Crippen LogP contribution < -0.4 is 0 Å². The minimum atomic E-state index is -3.51. The fourth-order valence-corrected chi connectivity index (χ4v) is 5.08. The molecule has 1 aromatic rings. The quantitative estimate of drug-likeness (QED) is 0.662. The van der Waals surface area contributed by atoms with Gasteiger partial charge in [0.25, 0.3) is 0 Å². The maximum absolute atomic E-state index is 12.1. The van der Waals surface area contributed by atoms with Crippen molar-refractivity contribution >= 4 is 47.5 Å². The molecule has 1 aliphatic heterocycles. The second kappa shape index (κ2) is 3.65. The predicted molar refractivity (Wildman–Crippen MR) is 68.0 cm³/mol. The van der Waals surface area contributed by atoms with Gasteiger partial charge in [-0.15, -0.1) is 0 Å². The van der Waals surface area contributed by atoms with Gasteiger partial charge in [0.1, 0.15) is 8.48 Å². The van der Waals surface area contributed by atoms with Crippen molar-refractivity contribution in [1.29, 1.82) is 0 Å². The summed E-state index contributed by atoms with van der Waals surface area (Å²) in [6, 6.07) is 6.26. The van der Waals surface area contributed by atoms with Crippen LogP contribution in [-0.2, 0) is 9.84 Å². The molecule has 6 heteroatoms. The van der Waals surface area contributed by atoms with Gasteiger partial charge in [0, 0.05) is 5.56 Å². The Labute approximate surface area is 110 Å². The third-order valence-corrected chi connectivity index (χ3v) is 8.69. The number of hydrogen-bond acceptors (Lipinski definition) is 3. The molecule has 0 aromatic heterocycles. The van der Waals surface area contributed by atoms with E-state index in [1.165, 1.54) is 12.1 Å². The van der Waals surface area contributed by atoms with Gasteiger partial charge >= 0.3 is 0 Å². The van der Waals surface area contributed by atoms with E-state index in [0.717, 1.165) is 0 Å². The van der Waals surface area contributed by atoms with Crippen LogP contribution in [0.3, 0.4) is 0 Å². The highest BCUT2D eigenvalue weighted by Crippen LogP contribution is 2.43. The van der Waals surface area contributed by atoms with Gasteiger partial charge in [-0.2, -0.15) is 0 Å². The van der Waals surface area contributed by atoms with Gasteiger partial charge in [-0.05, 0) is 13.0 Å². The molecule has 16 heavy (non-hydrogen) atoms. The van der Waals surface area contributed by atoms with Crippen LogP contribution in [-0.4, -0.2) is 22.7 Å². The molecule has 0 unspecified atom stereocenters. The molecular formula is C10H8Br2O3S. The Morgan fingerprint density at radius 1 is 1.31 bits per heavy atom. The maximum atomic E-state index is 12.1. The lowest BCUT2D eigenvalue weighted by Crippen LogP contribution is -2.46. The number of fused-ring (bicyclic) bond motifs is 1. The third-order valence-electron chi connectivity index (χ3n) is 2.58. The first-order valence-corrected chi connectivity index (χ1v) is 7.76. The van der Waals surface area contributed by atoms with Gasteiger partial charge in [-0.1, -0.05) is 50.1 Å². The van der Waals surface area contributed by atoms with Gasteiger partial charge in [-0.3, -0.25) is 4.79 Å². The fraction of sp³-hybridized carbons (Fsp3) is 0.300. The molecule has 0 fully saturated rings. The van der Waals surface area contributed by atoms with Crippen LogP contribution in [0.5, 0.6) is 0 Å². The summed E-state index contributed by atoms with van der Waals surface area (Å²) in [5.41, 5.74) is 0.248. The fourth-order valence-electron chi connectivity index (χ4n) is 1.67. The average Bonchev–Trinajstić information content (AvgIpc) is 2.25. The van der Waals surface area contributed by atoms with E-state index in [1.54, 1.807) is 19.1 Å². The Hall–Kier alpha value is -0.200. The molecule has 0 saturated heterocycles. The number of alkyl halides is 2. The van der Waals surface area contributed by atoms with Crippen LogP contribution in [0.2, 0.25) is 0 Å². The molecule has 1 heterocycles. The molecule has 0 aliphatic carbocycles. The van der Waals surface area contributed by atoms with E-state index in [9.17, 15) is 13.2 Å². The standard InChI is InChI=1S/C10H8Br2O3S/c1-10(12)8(13)6-4-2-3-5-7(6)16(14,15)9(10)11/h2-5,9H,1H3/t9-,10+/m0/s1. The number of sulfone groups is 1. The summed E-state index contributed by atoms with van der Waals surface area (Å²) in [6.07, 6.45) is 0. The Balaban J connectivity index is 2.83. The van der Waals surface area contributed by atoms with Crippen molar-refractivity contribution in [3.63, 3.8) is 0 Å². The van der Waals surface area contributed by atoms with Crippen molar-refractivity contribution < 1.29 is 13.2 Å².